The number of nitrogens with zero attached hydrogens (tertiary/aromatic N) is 1. The summed E-state index contributed by atoms with van der Waals surface area (Å²) in [4.78, 5) is 0. The van der Waals surface area contributed by atoms with Crippen LogP contribution < -0.4 is 4.72 Å². The Morgan fingerprint density at radius 3 is 2.81 bits per heavy atom. The van der Waals surface area contributed by atoms with Crippen LogP contribution in [0.3, 0.4) is 0 Å². The Bertz CT molecular complexity index is 427. The topological polar surface area (TPSA) is 113 Å². The normalized spacial score (nSPS) is 13.9. The van der Waals surface area contributed by atoms with E-state index in [2.05, 4.69) is 9.88 Å². The van der Waals surface area contributed by atoms with Gasteiger partial charge in [0, 0.05) is 12.6 Å². The lowest BCUT2D eigenvalue weighted by Crippen LogP contribution is -2.34. The van der Waals surface area contributed by atoms with Crippen LogP contribution in [-0.4, -0.2) is 43.0 Å². The van der Waals surface area contributed by atoms with Crippen LogP contribution in [0.25, 0.3) is 0 Å². The van der Waals surface area contributed by atoms with E-state index in [0.717, 1.165) is 0 Å². The van der Waals surface area contributed by atoms with Gasteiger partial charge < -0.3 is 14.7 Å². The number of hydrogen-bond donors (Lipinski definition) is 3. The molecule has 16 heavy (non-hydrogen) atoms. The van der Waals surface area contributed by atoms with Gasteiger partial charge in [-0.25, -0.2) is 13.1 Å². The molecule has 0 spiro atoms. The number of aliphatic hydroxyl groups excluding tert-OH is 2. The van der Waals surface area contributed by atoms with Crippen LogP contribution in [-0.2, 0) is 15.8 Å². The van der Waals surface area contributed by atoms with E-state index in [1.165, 1.54) is 6.07 Å². The molecule has 0 aliphatic carbocycles. The number of rotatable bonds is 6. The van der Waals surface area contributed by atoms with Crippen LogP contribution >= 0.6 is 0 Å². The van der Waals surface area contributed by atoms with Crippen molar-refractivity contribution in [1.82, 2.24) is 9.88 Å². The van der Waals surface area contributed by atoms with Gasteiger partial charge in [0.05, 0.1) is 12.7 Å². The molecule has 0 aromatic carbocycles. The minimum atomic E-state index is -3.57. The third-order valence-corrected chi connectivity index (χ3v) is 3.05. The SMILES string of the molecule is Cc1cc(CS(=O)(=O)NCC(O)CO)no1. The number of hydrogen-bond acceptors (Lipinski definition) is 6. The van der Waals surface area contributed by atoms with Crippen molar-refractivity contribution in [3.63, 3.8) is 0 Å². The average molecular weight is 250 g/mol. The summed E-state index contributed by atoms with van der Waals surface area (Å²) in [6.45, 7) is 0.938. The number of aromatic nitrogens is 1. The molecule has 1 atom stereocenters. The number of nitrogens with one attached hydrogen (secondary N) is 1. The molecule has 1 aromatic heterocycles. The highest BCUT2D eigenvalue weighted by Gasteiger charge is 2.15. The molecule has 3 N–H and O–H groups in total. The van der Waals surface area contributed by atoms with Gasteiger partial charge in [-0.1, -0.05) is 5.16 Å². The molecule has 1 aromatic rings. The van der Waals surface area contributed by atoms with Crippen LogP contribution in [0.15, 0.2) is 10.6 Å². The van der Waals surface area contributed by atoms with Gasteiger partial charge >= 0.3 is 0 Å². The zero-order valence-corrected chi connectivity index (χ0v) is 9.57. The second kappa shape index (κ2) is 5.39. The van der Waals surface area contributed by atoms with Gasteiger partial charge in [0.1, 0.15) is 17.2 Å². The van der Waals surface area contributed by atoms with E-state index >= 15 is 0 Å². The second-order valence-corrected chi connectivity index (χ2v) is 5.18. The van der Waals surface area contributed by atoms with E-state index in [1.54, 1.807) is 6.92 Å². The fourth-order valence-electron chi connectivity index (χ4n) is 1.02. The molecule has 0 saturated carbocycles. The Kier molecular flexibility index (Phi) is 4.42. The molecule has 0 saturated heterocycles. The summed E-state index contributed by atoms with van der Waals surface area (Å²) in [6.07, 6.45) is -1.10. The summed E-state index contributed by atoms with van der Waals surface area (Å²) in [7, 11) is -3.57. The Balaban J connectivity index is 2.52. The maximum atomic E-state index is 11.4. The predicted molar refractivity (Wildman–Crippen MR) is 55.0 cm³/mol. The highest BCUT2D eigenvalue weighted by Crippen LogP contribution is 2.05. The minimum Gasteiger partial charge on any atom is -0.394 e. The number of aryl methyl sites for hydroxylation is 1. The molecule has 1 rings (SSSR count). The number of aliphatic hydroxyl groups is 2. The maximum absolute atomic E-state index is 11.4. The Labute approximate surface area is 93.1 Å². The lowest BCUT2D eigenvalue weighted by molar-refractivity contribution is 0.0988. The zero-order valence-electron chi connectivity index (χ0n) is 8.75. The molecule has 0 amide bonds. The third-order valence-electron chi connectivity index (χ3n) is 1.76. The van der Waals surface area contributed by atoms with Crippen molar-refractivity contribution >= 4 is 10.0 Å². The smallest absolute Gasteiger partial charge is 0.217 e. The summed E-state index contributed by atoms with van der Waals surface area (Å²) >= 11 is 0. The van der Waals surface area contributed by atoms with Crippen LogP contribution in [0.2, 0.25) is 0 Å². The van der Waals surface area contributed by atoms with Gasteiger partial charge in [-0.3, -0.25) is 0 Å². The maximum Gasteiger partial charge on any atom is 0.217 e. The standard InChI is InChI=1S/C8H14N2O5S/c1-6-2-7(10-15-6)5-16(13,14)9-3-8(12)4-11/h2,8-9,11-12H,3-5H2,1H3. The van der Waals surface area contributed by atoms with E-state index < -0.39 is 22.7 Å². The molecule has 0 radical (unpaired) electrons. The van der Waals surface area contributed by atoms with E-state index in [9.17, 15) is 8.42 Å². The highest BCUT2D eigenvalue weighted by atomic mass is 32.2. The molecule has 0 bridgehead atoms. The lowest BCUT2D eigenvalue weighted by atomic mass is 10.4. The molecular formula is C8H14N2O5S. The van der Waals surface area contributed by atoms with Crippen LogP contribution in [0.5, 0.6) is 0 Å². The Hall–Kier alpha value is -0.960. The van der Waals surface area contributed by atoms with Crippen LogP contribution in [0, 0.1) is 6.92 Å². The zero-order chi connectivity index (χ0) is 12.2. The Morgan fingerprint density at radius 1 is 1.62 bits per heavy atom. The van der Waals surface area contributed by atoms with E-state index in [1.807, 2.05) is 0 Å². The van der Waals surface area contributed by atoms with Gasteiger partial charge in [0.2, 0.25) is 10.0 Å². The van der Waals surface area contributed by atoms with Crippen molar-refractivity contribution < 1.29 is 23.2 Å². The molecule has 8 heteroatoms. The molecule has 1 unspecified atom stereocenters. The third kappa shape index (κ3) is 4.27. The van der Waals surface area contributed by atoms with Crippen molar-refractivity contribution in [3.8, 4) is 0 Å². The first-order chi connectivity index (χ1) is 7.43. The summed E-state index contributed by atoms with van der Waals surface area (Å²) < 4.78 is 29.8. The minimum absolute atomic E-state index is 0.227. The van der Waals surface area contributed by atoms with Crippen LogP contribution in [0.4, 0.5) is 0 Å². The van der Waals surface area contributed by atoms with Gasteiger partial charge in [0.15, 0.2) is 0 Å². The van der Waals surface area contributed by atoms with E-state index in [0.29, 0.717) is 11.5 Å². The van der Waals surface area contributed by atoms with Crippen molar-refractivity contribution in [2.45, 2.75) is 18.8 Å². The van der Waals surface area contributed by atoms with Gasteiger partial charge in [-0.2, -0.15) is 0 Å². The predicted octanol–water partition coefficient (Wildman–Crippen LogP) is -1.24. The average Bonchev–Trinajstić information content (AvgIpc) is 2.59. The van der Waals surface area contributed by atoms with E-state index in [4.69, 9.17) is 14.7 Å². The summed E-state index contributed by atoms with van der Waals surface area (Å²) in [5.74, 6) is 0.211. The summed E-state index contributed by atoms with van der Waals surface area (Å²) in [5.41, 5.74) is 0.295. The van der Waals surface area contributed by atoms with Crippen molar-refractivity contribution in [2.24, 2.45) is 0 Å². The monoisotopic (exact) mass is 250 g/mol. The second-order valence-electron chi connectivity index (χ2n) is 3.37. The first-order valence-corrected chi connectivity index (χ1v) is 6.26. The molecule has 1 heterocycles. The van der Waals surface area contributed by atoms with E-state index in [-0.39, 0.29) is 12.3 Å². The molecule has 0 fully saturated rings. The number of sulfonamides is 1. The largest absolute Gasteiger partial charge is 0.394 e. The fraction of sp³-hybridized carbons (Fsp3) is 0.625. The van der Waals surface area contributed by atoms with Crippen molar-refractivity contribution in [1.29, 1.82) is 0 Å². The molecule has 92 valence electrons. The van der Waals surface area contributed by atoms with Crippen molar-refractivity contribution in [3.05, 3.63) is 17.5 Å². The van der Waals surface area contributed by atoms with Crippen molar-refractivity contribution in [2.75, 3.05) is 13.2 Å². The molecular weight excluding hydrogens is 236 g/mol. The first-order valence-electron chi connectivity index (χ1n) is 4.61. The summed E-state index contributed by atoms with van der Waals surface area (Å²) in [6, 6.07) is 1.52. The highest BCUT2D eigenvalue weighted by molar-refractivity contribution is 7.88. The molecule has 0 aliphatic heterocycles. The Morgan fingerprint density at radius 2 is 2.31 bits per heavy atom. The fourth-order valence-corrected chi connectivity index (χ4v) is 2.09. The summed E-state index contributed by atoms with van der Waals surface area (Å²) in [5, 5.41) is 21.0. The quantitative estimate of drug-likeness (QED) is 0.582. The lowest BCUT2D eigenvalue weighted by Gasteiger charge is -2.08. The van der Waals surface area contributed by atoms with Crippen LogP contribution in [0.1, 0.15) is 11.5 Å². The van der Waals surface area contributed by atoms with Gasteiger partial charge in [0.25, 0.3) is 0 Å². The molecule has 7 nitrogen and oxygen atoms in total. The van der Waals surface area contributed by atoms with Gasteiger partial charge in [-0.05, 0) is 6.92 Å². The first kappa shape index (κ1) is 13.1. The molecule has 0 aliphatic rings. The van der Waals surface area contributed by atoms with Gasteiger partial charge in [-0.15, -0.1) is 0 Å².